The Morgan fingerprint density at radius 3 is 2.67 bits per heavy atom. The van der Waals surface area contributed by atoms with E-state index in [1.807, 2.05) is 16.7 Å². The summed E-state index contributed by atoms with van der Waals surface area (Å²) in [5.74, 6) is 1.39. The van der Waals surface area contributed by atoms with Gasteiger partial charge in [-0.05, 0) is 32.1 Å². The molecule has 2 saturated heterocycles. The Kier molecular flexibility index (Phi) is 5.16. The summed E-state index contributed by atoms with van der Waals surface area (Å²) in [5, 5.41) is 4.05. The van der Waals surface area contributed by atoms with Crippen molar-refractivity contribution in [3.05, 3.63) is 11.7 Å². The van der Waals surface area contributed by atoms with E-state index in [9.17, 15) is 9.59 Å². The van der Waals surface area contributed by atoms with Crippen molar-refractivity contribution in [1.82, 2.24) is 19.9 Å². The van der Waals surface area contributed by atoms with Gasteiger partial charge in [0.25, 0.3) is 0 Å². The van der Waals surface area contributed by atoms with Crippen LogP contribution in [-0.2, 0) is 16.0 Å². The lowest BCUT2D eigenvalue weighted by atomic mass is 9.98. The van der Waals surface area contributed by atoms with Crippen molar-refractivity contribution in [3.63, 3.8) is 0 Å². The fourth-order valence-corrected chi connectivity index (χ4v) is 3.83. The standard InChI is InChI=1S/C17H26N4O3/c1-3-15-18-17(19-24-15)14-8-6-10-21(14)16(23)11-13-7-4-5-9-20(13)12(2)22/h13-14H,3-11H2,1-2H3/t13-,14-/m1/s1. The van der Waals surface area contributed by atoms with E-state index in [0.717, 1.165) is 45.2 Å². The normalized spacial score (nSPS) is 24.4. The van der Waals surface area contributed by atoms with Crippen LogP contribution in [0.4, 0.5) is 0 Å². The zero-order chi connectivity index (χ0) is 17.1. The monoisotopic (exact) mass is 334 g/mol. The number of nitrogens with zero attached hydrogens (tertiary/aromatic N) is 4. The third-order valence-electron chi connectivity index (χ3n) is 5.10. The van der Waals surface area contributed by atoms with Crippen LogP contribution in [0.2, 0.25) is 0 Å². The van der Waals surface area contributed by atoms with Crippen LogP contribution in [0.5, 0.6) is 0 Å². The van der Waals surface area contributed by atoms with Crippen molar-refractivity contribution < 1.29 is 14.1 Å². The van der Waals surface area contributed by atoms with Crippen molar-refractivity contribution in [2.24, 2.45) is 0 Å². The molecule has 2 aliphatic rings. The van der Waals surface area contributed by atoms with E-state index in [1.165, 1.54) is 0 Å². The Bertz CT molecular complexity index is 600. The first-order valence-electron chi connectivity index (χ1n) is 8.99. The van der Waals surface area contributed by atoms with E-state index >= 15 is 0 Å². The molecule has 0 aromatic carbocycles. The van der Waals surface area contributed by atoms with Gasteiger partial charge in [-0.1, -0.05) is 12.1 Å². The van der Waals surface area contributed by atoms with Crippen molar-refractivity contribution >= 4 is 11.8 Å². The van der Waals surface area contributed by atoms with Gasteiger partial charge in [-0.3, -0.25) is 9.59 Å². The number of aryl methyl sites for hydroxylation is 1. The molecule has 2 amide bonds. The second kappa shape index (κ2) is 7.32. The van der Waals surface area contributed by atoms with Gasteiger partial charge in [0, 0.05) is 38.9 Å². The average molecular weight is 334 g/mol. The highest BCUT2D eigenvalue weighted by atomic mass is 16.5. The maximum atomic E-state index is 12.8. The molecule has 1 aromatic rings. The van der Waals surface area contributed by atoms with E-state index in [0.29, 0.717) is 24.6 Å². The Hall–Kier alpha value is -1.92. The minimum absolute atomic E-state index is 0.0291. The summed E-state index contributed by atoms with van der Waals surface area (Å²) >= 11 is 0. The lowest BCUT2D eigenvalue weighted by molar-refractivity contribution is -0.137. The highest BCUT2D eigenvalue weighted by Gasteiger charge is 2.35. The maximum absolute atomic E-state index is 12.8. The molecule has 0 saturated carbocycles. The van der Waals surface area contributed by atoms with Crippen LogP contribution in [0.15, 0.2) is 4.52 Å². The number of likely N-dealkylation sites (tertiary alicyclic amines) is 2. The third-order valence-corrected chi connectivity index (χ3v) is 5.10. The summed E-state index contributed by atoms with van der Waals surface area (Å²) in [6.07, 6.45) is 5.93. The molecule has 0 bridgehead atoms. The molecule has 0 unspecified atom stereocenters. The first kappa shape index (κ1) is 16.9. The molecular weight excluding hydrogens is 308 g/mol. The lowest BCUT2D eigenvalue weighted by Gasteiger charge is -2.36. The van der Waals surface area contributed by atoms with Crippen LogP contribution in [0.1, 0.15) is 70.1 Å². The van der Waals surface area contributed by atoms with Crippen molar-refractivity contribution in [1.29, 1.82) is 0 Å². The number of aromatic nitrogens is 2. The third kappa shape index (κ3) is 3.44. The van der Waals surface area contributed by atoms with Gasteiger partial charge in [-0.2, -0.15) is 4.98 Å². The summed E-state index contributed by atoms with van der Waals surface area (Å²) in [7, 11) is 0. The summed E-state index contributed by atoms with van der Waals surface area (Å²) < 4.78 is 5.20. The van der Waals surface area contributed by atoms with Crippen molar-refractivity contribution in [3.8, 4) is 0 Å². The van der Waals surface area contributed by atoms with Gasteiger partial charge in [0.15, 0.2) is 5.82 Å². The van der Waals surface area contributed by atoms with Gasteiger partial charge in [-0.25, -0.2) is 0 Å². The van der Waals surface area contributed by atoms with Crippen LogP contribution >= 0.6 is 0 Å². The molecule has 24 heavy (non-hydrogen) atoms. The van der Waals surface area contributed by atoms with E-state index in [2.05, 4.69) is 10.1 Å². The number of rotatable bonds is 4. The van der Waals surface area contributed by atoms with E-state index in [4.69, 9.17) is 4.52 Å². The summed E-state index contributed by atoms with van der Waals surface area (Å²) in [4.78, 5) is 32.8. The van der Waals surface area contributed by atoms with E-state index in [1.54, 1.807) is 6.92 Å². The second-order valence-corrected chi connectivity index (χ2v) is 6.71. The summed E-state index contributed by atoms with van der Waals surface area (Å²) in [5.41, 5.74) is 0. The van der Waals surface area contributed by atoms with Crippen LogP contribution < -0.4 is 0 Å². The number of amides is 2. The topological polar surface area (TPSA) is 79.5 Å². The largest absolute Gasteiger partial charge is 0.339 e. The maximum Gasteiger partial charge on any atom is 0.226 e. The van der Waals surface area contributed by atoms with E-state index in [-0.39, 0.29) is 23.9 Å². The Balaban J connectivity index is 1.68. The highest BCUT2D eigenvalue weighted by Crippen LogP contribution is 2.32. The molecule has 0 radical (unpaired) electrons. The zero-order valence-electron chi connectivity index (χ0n) is 14.5. The van der Waals surface area contributed by atoms with Crippen LogP contribution in [0.3, 0.4) is 0 Å². The molecule has 3 rings (SSSR count). The molecule has 2 atom stereocenters. The molecule has 0 N–H and O–H groups in total. The van der Waals surface area contributed by atoms with E-state index < -0.39 is 0 Å². The van der Waals surface area contributed by atoms with Gasteiger partial charge < -0.3 is 14.3 Å². The molecule has 1 aromatic heterocycles. The van der Waals surface area contributed by atoms with Gasteiger partial charge in [-0.15, -0.1) is 0 Å². The highest BCUT2D eigenvalue weighted by molar-refractivity contribution is 5.79. The predicted molar refractivity (Wildman–Crippen MR) is 87.0 cm³/mol. The number of hydrogen-bond donors (Lipinski definition) is 0. The van der Waals surface area contributed by atoms with Crippen LogP contribution in [-0.4, -0.2) is 50.9 Å². The fraction of sp³-hybridized carbons (Fsp3) is 0.765. The van der Waals surface area contributed by atoms with Crippen LogP contribution in [0.25, 0.3) is 0 Å². The second-order valence-electron chi connectivity index (χ2n) is 6.71. The SMILES string of the molecule is CCc1nc([C@H]2CCCN2C(=O)C[C@H]2CCCCN2C(C)=O)no1. The molecule has 3 heterocycles. The first-order chi connectivity index (χ1) is 11.6. The van der Waals surface area contributed by atoms with Gasteiger partial charge in [0.2, 0.25) is 17.7 Å². The molecule has 7 nitrogen and oxygen atoms in total. The van der Waals surface area contributed by atoms with Gasteiger partial charge in [0.1, 0.15) is 0 Å². The number of piperidine rings is 1. The molecule has 0 aliphatic carbocycles. The first-order valence-corrected chi connectivity index (χ1v) is 8.99. The summed E-state index contributed by atoms with van der Waals surface area (Å²) in [6, 6.07) is -0.0580. The fourth-order valence-electron chi connectivity index (χ4n) is 3.83. The number of hydrogen-bond acceptors (Lipinski definition) is 5. The predicted octanol–water partition coefficient (Wildman–Crippen LogP) is 2.09. The number of carbonyl (C=O) groups excluding carboxylic acids is 2. The van der Waals surface area contributed by atoms with Crippen molar-refractivity contribution in [2.75, 3.05) is 13.1 Å². The molecular formula is C17H26N4O3. The Morgan fingerprint density at radius 1 is 1.17 bits per heavy atom. The molecule has 2 aliphatic heterocycles. The Morgan fingerprint density at radius 2 is 1.96 bits per heavy atom. The summed E-state index contributed by atoms with van der Waals surface area (Å²) in [6.45, 7) is 5.05. The quantitative estimate of drug-likeness (QED) is 0.842. The minimum Gasteiger partial charge on any atom is -0.339 e. The van der Waals surface area contributed by atoms with Crippen molar-refractivity contribution in [2.45, 2.75) is 70.9 Å². The average Bonchev–Trinajstić information content (AvgIpc) is 3.23. The molecule has 0 spiro atoms. The molecule has 2 fully saturated rings. The van der Waals surface area contributed by atoms with Gasteiger partial charge >= 0.3 is 0 Å². The molecule has 7 heteroatoms. The lowest BCUT2D eigenvalue weighted by Crippen LogP contribution is -2.45. The van der Waals surface area contributed by atoms with Gasteiger partial charge in [0.05, 0.1) is 6.04 Å². The molecule has 132 valence electrons. The smallest absolute Gasteiger partial charge is 0.226 e. The zero-order valence-corrected chi connectivity index (χ0v) is 14.5. The Labute approximate surface area is 142 Å². The minimum atomic E-state index is -0.0871. The number of carbonyl (C=O) groups is 2. The van der Waals surface area contributed by atoms with Crippen LogP contribution in [0, 0.1) is 0 Å².